The molecular formula is C15H18N2O3. The molecule has 106 valence electrons. The molecular weight excluding hydrogens is 256 g/mol. The molecule has 0 bridgehead atoms. The number of nitrogens with one attached hydrogen (secondary N) is 1. The summed E-state index contributed by atoms with van der Waals surface area (Å²) < 4.78 is 0. The van der Waals surface area contributed by atoms with Gasteiger partial charge in [-0.25, -0.2) is 4.79 Å². The number of carboxylic acids is 1. The molecule has 1 fully saturated rings. The van der Waals surface area contributed by atoms with Crippen LogP contribution in [0, 0.1) is 11.8 Å². The predicted octanol–water partition coefficient (Wildman–Crippen LogP) is 1.96. The lowest BCUT2D eigenvalue weighted by Crippen LogP contribution is -2.29. The number of hydrogen-bond donors (Lipinski definition) is 2. The second-order valence-electron chi connectivity index (χ2n) is 5.17. The Balaban J connectivity index is 1.88. The van der Waals surface area contributed by atoms with Gasteiger partial charge in [0.1, 0.15) is 5.69 Å². The molecule has 1 aromatic rings. The zero-order valence-electron chi connectivity index (χ0n) is 11.4. The quantitative estimate of drug-likeness (QED) is 0.777. The number of hydrogen-bond acceptors (Lipinski definition) is 3. The summed E-state index contributed by atoms with van der Waals surface area (Å²) in [5.41, 5.74) is 0.996. The second-order valence-corrected chi connectivity index (χ2v) is 5.17. The van der Waals surface area contributed by atoms with Gasteiger partial charge >= 0.3 is 5.97 Å². The molecule has 5 nitrogen and oxygen atoms in total. The summed E-state index contributed by atoms with van der Waals surface area (Å²) in [7, 11) is 0. The molecule has 1 aromatic heterocycles. The summed E-state index contributed by atoms with van der Waals surface area (Å²) in [6.07, 6.45) is 6.48. The number of carbonyl (C=O) groups is 2. The van der Waals surface area contributed by atoms with Gasteiger partial charge in [-0.2, -0.15) is 0 Å². The molecule has 0 aliphatic heterocycles. The number of amides is 1. The van der Waals surface area contributed by atoms with Gasteiger partial charge in [-0.05, 0) is 42.4 Å². The maximum absolute atomic E-state index is 11.9. The summed E-state index contributed by atoms with van der Waals surface area (Å²) in [4.78, 5) is 26.3. The van der Waals surface area contributed by atoms with Crippen molar-refractivity contribution >= 4 is 18.0 Å². The minimum atomic E-state index is -1.01. The van der Waals surface area contributed by atoms with E-state index in [9.17, 15) is 9.59 Å². The van der Waals surface area contributed by atoms with Crippen LogP contribution in [0.15, 0.2) is 24.4 Å². The molecule has 2 rings (SSSR count). The molecule has 0 radical (unpaired) electrons. The van der Waals surface area contributed by atoms with Crippen LogP contribution in [0.5, 0.6) is 0 Å². The van der Waals surface area contributed by atoms with Crippen molar-refractivity contribution in [2.24, 2.45) is 11.8 Å². The van der Waals surface area contributed by atoms with E-state index in [1.54, 1.807) is 12.1 Å². The highest BCUT2D eigenvalue weighted by Gasteiger charge is 2.27. The molecule has 1 aliphatic carbocycles. The van der Waals surface area contributed by atoms with E-state index in [0.717, 1.165) is 12.0 Å². The summed E-state index contributed by atoms with van der Waals surface area (Å²) in [5, 5.41) is 11.4. The monoisotopic (exact) mass is 274 g/mol. The van der Waals surface area contributed by atoms with Crippen LogP contribution in [-0.2, 0) is 4.79 Å². The van der Waals surface area contributed by atoms with Gasteiger partial charge in [-0.1, -0.05) is 13.0 Å². The molecule has 1 saturated carbocycles. The third-order valence-electron chi connectivity index (χ3n) is 3.45. The fraction of sp³-hybridized carbons (Fsp3) is 0.400. The number of rotatable bonds is 6. The molecule has 2 N–H and O–H groups in total. The first-order chi connectivity index (χ1) is 9.56. The smallest absolute Gasteiger partial charge is 0.328 e. The minimum absolute atomic E-state index is 0.189. The van der Waals surface area contributed by atoms with Gasteiger partial charge < -0.3 is 10.4 Å². The SMILES string of the molecule is CC(CNC(=O)c1ccc(/C=C/C(=O)O)cn1)C1CC1. The third-order valence-corrected chi connectivity index (χ3v) is 3.45. The van der Waals surface area contributed by atoms with Crippen molar-refractivity contribution in [1.29, 1.82) is 0 Å². The standard InChI is InChI=1S/C15H18N2O3/c1-10(12-4-5-12)8-17-15(20)13-6-2-11(9-16-13)3-7-14(18)19/h2-3,6-7,9-10,12H,4-5,8H2,1H3,(H,17,20)(H,18,19)/b7-3+. The van der Waals surface area contributed by atoms with E-state index in [4.69, 9.17) is 5.11 Å². The number of pyridine rings is 1. The second kappa shape index (κ2) is 6.32. The van der Waals surface area contributed by atoms with Gasteiger partial charge in [0.05, 0.1) is 0 Å². The number of aromatic nitrogens is 1. The Labute approximate surface area is 117 Å². The highest BCUT2D eigenvalue weighted by atomic mass is 16.4. The molecule has 1 atom stereocenters. The van der Waals surface area contributed by atoms with Gasteiger partial charge in [0, 0.05) is 18.8 Å². The maximum Gasteiger partial charge on any atom is 0.328 e. The number of nitrogens with zero attached hydrogens (tertiary/aromatic N) is 1. The Bertz CT molecular complexity index is 518. The van der Waals surface area contributed by atoms with Crippen molar-refractivity contribution in [1.82, 2.24) is 10.3 Å². The Morgan fingerprint density at radius 3 is 2.80 bits per heavy atom. The van der Waals surface area contributed by atoms with E-state index in [-0.39, 0.29) is 5.91 Å². The van der Waals surface area contributed by atoms with E-state index in [2.05, 4.69) is 17.2 Å². The van der Waals surface area contributed by atoms with Crippen molar-refractivity contribution in [2.45, 2.75) is 19.8 Å². The van der Waals surface area contributed by atoms with Crippen LogP contribution in [0.3, 0.4) is 0 Å². The Hall–Kier alpha value is -2.17. The summed E-state index contributed by atoms with van der Waals surface area (Å²) in [6.45, 7) is 2.82. The van der Waals surface area contributed by atoms with E-state index in [0.29, 0.717) is 23.7 Å². The first kappa shape index (κ1) is 14.2. The van der Waals surface area contributed by atoms with E-state index < -0.39 is 5.97 Å². The van der Waals surface area contributed by atoms with Crippen LogP contribution < -0.4 is 5.32 Å². The van der Waals surface area contributed by atoms with Gasteiger partial charge in [0.15, 0.2) is 0 Å². The van der Waals surface area contributed by atoms with Crippen molar-refractivity contribution < 1.29 is 14.7 Å². The zero-order valence-corrected chi connectivity index (χ0v) is 11.4. The summed E-state index contributed by atoms with van der Waals surface area (Å²) in [5.74, 6) is 0.0654. The summed E-state index contributed by atoms with van der Waals surface area (Å²) in [6, 6.07) is 3.27. The van der Waals surface area contributed by atoms with Gasteiger partial charge in [0.2, 0.25) is 0 Å². The lowest BCUT2D eigenvalue weighted by Gasteiger charge is -2.10. The zero-order chi connectivity index (χ0) is 14.5. The average Bonchev–Trinajstić information content (AvgIpc) is 3.27. The molecule has 1 aliphatic rings. The van der Waals surface area contributed by atoms with Crippen molar-refractivity contribution in [2.75, 3.05) is 6.54 Å². The molecule has 0 saturated heterocycles. The minimum Gasteiger partial charge on any atom is -0.478 e. The Kier molecular flexibility index (Phi) is 4.50. The number of carboxylic acid groups (broad SMARTS) is 1. The fourth-order valence-corrected chi connectivity index (χ4v) is 1.98. The number of aliphatic carboxylic acids is 1. The fourth-order valence-electron chi connectivity index (χ4n) is 1.98. The Morgan fingerprint density at radius 1 is 1.50 bits per heavy atom. The molecule has 0 aromatic carbocycles. The van der Waals surface area contributed by atoms with Crippen molar-refractivity contribution in [3.63, 3.8) is 0 Å². The molecule has 20 heavy (non-hydrogen) atoms. The van der Waals surface area contributed by atoms with Gasteiger partial charge in [-0.15, -0.1) is 0 Å². The van der Waals surface area contributed by atoms with E-state index in [1.165, 1.54) is 25.1 Å². The van der Waals surface area contributed by atoms with Crippen molar-refractivity contribution in [3.8, 4) is 0 Å². The average molecular weight is 274 g/mol. The van der Waals surface area contributed by atoms with Crippen LogP contribution in [0.1, 0.15) is 35.8 Å². The van der Waals surface area contributed by atoms with E-state index in [1.807, 2.05) is 0 Å². The third kappa shape index (κ3) is 4.19. The van der Waals surface area contributed by atoms with Crippen LogP contribution in [0.25, 0.3) is 6.08 Å². The van der Waals surface area contributed by atoms with Crippen LogP contribution in [0.4, 0.5) is 0 Å². The first-order valence-electron chi connectivity index (χ1n) is 6.71. The van der Waals surface area contributed by atoms with Crippen LogP contribution in [0.2, 0.25) is 0 Å². The largest absolute Gasteiger partial charge is 0.478 e. The highest BCUT2D eigenvalue weighted by molar-refractivity contribution is 5.92. The molecule has 1 amide bonds. The highest BCUT2D eigenvalue weighted by Crippen LogP contribution is 2.36. The van der Waals surface area contributed by atoms with E-state index >= 15 is 0 Å². The lowest BCUT2D eigenvalue weighted by atomic mass is 10.1. The van der Waals surface area contributed by atoms with Crippen LogP contribution >= 0.6 is 0 Å². The molecule has 0 spiro atoms. The topological polar surface area (TPSA) is 79.3 Å². The summed E-state index contributed by atoms with van der Waals surface area (Å²) >= 11 is 0. The van der Waals surface area contributed by atoms with Gasteiger partial charge in [-0.3, -0.25) is 9.78 Å². The predicted molar refractivity (Wildman–Crippen MR) is 75.1 cm³/mol. The molecule has 1 unspecified atom stereocenters. The molecule has 5 heteroatoms. The van der Waals surface area contributed by atoms with Crippen molar-refractivity contribution in [3.05, 3.63) is 35.7 Å². The maximum atomic E-state index is 11.9. The lowest BCUT2D eigenvalue weighted by molar-refractivity contribution is -0.131. The normalized spacial score (nSPS) is 16.1. The first-order valence-corrected chi connectivity index (χ1v) is 6.71. The van der Waals surface area contributed by atoms with Gasteiger partial charge in [0.25, 0.3) is 5.91 Å². The Morgan fingerprint density at radius 2 is 2.25 bits per heavy atom. The molecule has 1 heterocycles. The van der Waals surface area contributed by atoms with Crippen LogP contribution in [-0.4, -0.2) is 28.5 Å². The number of carbonyl (C=O) groups excluding carboxylic acids is 1.